The first-order valence-corrected chi connectivity index (χ1v) is 10.2. The highest BCUT2D eigenvalue weighted by Crippen LogP contribution is 2.30. The third kappa shape index (κ3) is 3.76. The molecule has 1 atom stereocenters. The Morgan fingerprint density at radius 3 is 2.32 bits per heavy atom. The Morgan fingerprint density at radius 1 is 0.893 bits per heavy atom. The van der Waals surface area contributed by atoms with Gasteiger partial charge in [0, 0.05) is 0 Å². The topological polar surface area (TPSA) is 84.5 Å². The van der Waals surface area contributed by atoms with Crippen molar-refractivity contribution in [3.05, 3.63) is 95.6 Å². The van der Waals surface area contributed by atoms with Gasteiger partial charge in [-0.05, 0) is 35.4 Å². The lowest BCUT2D eigenvalue weighted by atomic mass is 10.1. The van der Waals surface area contributed by atoms with E-state index in [0.29, 0.717) is 16.8 Å². The van der Waals surface area contributed by atoms with E-state index in [4.69, 9.17) is 4.74 Å². The average Bonchev–Trinajstić information content (AvgIpc) is 2.72. The number of esters is 1. The second-order valence-electron chi connectivity index (χ2n) is 6.38. The van der Waals surface area contributed by atoms with Crippen molar-refractivity contribution in [2.24, 2.45) is 0 Å². The van der Waals surface area contributed by atoms with Gasteiger partial charge in [0.25, 0.3) is 0 Å². The zero-order chi connectivity index (χ0) is 19.6. The smallest absolute Gasteiger partial charge is 0.338 e. The first-order valence-electron chi connectivity index (χ1n) is 8.72. The summed E-state index contributed by atoms with van der Waals surface area (Å²) in [4.78, 5) is 12.4. The van der Waals surface area contributed by atoms with Gasteiger partial charge in [0.15, 0.2) is 0 Å². The minimum atomic E-state index is -3.61. The molecular formula is C21H18N2O4S. The molecule has 0 radical (unpaired) electrons. The van der Waals surface area contributed by atoms with E-state index in [0.717, 1.165) is 5.56 Å². The molecule has 0 saturated carbocycles. The molecule has 7 heteroatoms. The lowest BCUT2D eigenvalue weighted by Gasteiger charge is -2.28. The summed E-state index contributed by atoms with van der Waals surface area (Å²) in [5, 5.41) is 3.16. The zero-order valence-corrected chi connectivity index (χ0v) is 15.6. The van der Waals surface area contributed by atoms with Crippen LogP contribution in [0.4, 0.5) is 5.69 Å². The number of sulfonamides is 1. The highest BCUT2D eigenvalue weighted by Gasteiger charge is 2.29. The number of hydrogen-bond donors (Lipinski definition) is 2. The maximum atomic E-state index is 12.4. The molecule has 0 spiro atoms. The lowest BCUT2D eigenvalue weighted by molar-refractivity contribution is 0.0472. The molecule has 1 heterocycles. The molecule has 4 rings (SSSR count). The third-order valence-electron chi connectivity index (χ3n) is 4.44. The molecule has 0 saturated heterocycles. The van der Waals surface area contributed by atoms with Crippen molar-refractivity contribution >= 4 is 21.7 Å². The van der Waals surface area contributed by atoms with Crippen LogP contribution < -0.4 is 10.0 Å². The zero-order valence-electron chi connectivity index (χ0n) is 14.8. The third-order valence-corrected chi connectivity index (χ3v) is 5.92. The highest BCUT2D eigenvalue weighted by molar-refractivity contribution is 7.89. The summed E-state index contributed by atoms with van der Waals surface area (Å²) in [5.74, 6) is -0.432. The molecule has 0 unspecified atom stereocenters. The predicted molar refractivity (Wildman–Crippen MR) is 105 cm³/mol. The van der Waals surface area contributed by atoms with Crippen LogP contribution in [0.3, 0.4) is 0 Å². The van der Waals surface area contributed by atoms with Crippen LogP contribution in [0.2, 0.25) is 0 Å². The number of para-hydroxylation sites is 1. The van der Waals surface area contributed by atoms with E-state index in [1.54, 1.807) is 48.5 Å². The molecule has 1 aliphatic heterocycles. The van der Waals surface area contributed by atoms with Crippen molar-refractivity contribution in [2.45, 2.75) is 17.7 Å². The maximum absolute atomic E-state index is 12.4. The fourth-order valence-electron chi connectivity index (χ4n) is 2.99. The first kappa shape index (κ1) is 18.2. The van der Waals surface area contributed by atoms with Gasteiger partial charge < -0.3 is 10.1 Å². The quantitative estimate of drug-likeness (QED) is 0.662. The van der Waals surface area contributed by atoms with Crippen molar-refractivity contribution in [3.8, 4) is 0 Å². The number of carbonyl (C=O) groups is 1. The predicted octanol–water partition coefficient (Wildman–Crippen LogP) is 3.45. The summed E-state index contributed by atoms with van der Waals surface area (Å²) in [6.07, 6.45) is -0.616. The summed E-state index contributed by atoms with van der Waals surface area (Å²) in [7, 11) is -3.61. The van der Waals surface area contributed by atoms with Gasteiger partial charge in [-0.1, -0.05) is 54.6 Å². The molecule has 0 bridgehead atoms. The maximum Gasteiger partial charge on any atom is 0.338 e. The van der Waals surface area contributed by atoms with E-state index < -0.39 is 22.2 Å². The van der Waals surface area contributed by atoms with Gasteiger partial charge in [0.1, 0.15) is 17.7 Å². The number of carbonyl (C=O) groups excluding carboxylic acids is 1. The Labute approximate surface area is 163 Å². The Morgan fingerprint density at radius 2 is 1.57 bits per heavy atom. The van der Waals surface area contributed by atoms with Gasteiger partial charge in [-0.25, -0.2) is 13.2 Å². The van der Waals surface area contributed by atoms with Gasteiger partial charge in [-0.2, -0.15) is 4.72 Å². The number of benzene rings is 3. The SMILES string of the molecule is O=C(OCc1ccccc1)c1ccc([C@@H]2Nc3ccccc3S(=O)(=O)N2)cc1. The van der Waals surface area contributed by atoms with E-state index >= 15 is 0 Å². The van der Waals surface area contributed by atoms with Crippen LogP contribution in [-0.2, 0) is 21.4 Å². The first-order chi connectivity index (χ1) is 13.5. The van der Waals surface area contributed by atoms with Crippen molar-refractivity contribution in [3.63, 3.8) is 0 Å². The van der Waals surface area contributed by atoms with Crippen molar-refractivity contribution in [1.82, 2.24) is 4.72 Å². The molecule has 6 nitrogen and oxygen atoms in total. The highest BCUT2D eigenvalue weighted by atomic mass is 32.2. The minimum Gasteiger partial charge on any atom is -0.457 e. The molecule has 3 aromatic rings. The standard InChI is InChI=1S/C21H18N2O4S/c24-21(27-14-15-6-2-1-3-7-15)17-12-10-16(11-13-17)20-22-18-8-4-5-9-19(18)28(25,26)23-20/h1-13,20,22-23H,14H2/t20-/m1/s1. The summed E-state index contributed by atoms with van der Waals surface area (Å²) in [6, 6.07) is 22.8. The number of rotatable bonds is 4. The second-order valence-corrected chi connectivity index (χ2v) is 8.06. The Kier molecular flexibility index (Phi) is 4.85. The van der Waals surface area contributed by atoms with E-state index in [-0.39, 0.29) is 11.5 Å². The molecule has 0 aromatic heterocycles. The van der Waals surface area contributed by atoms with Gasteiger partial charge in [-0.15, -0.1) is 0 Å². The van der Waals surface area contributed by atoms with Gasteiger partial charge in [-0.3, -0.25) is 0 Å². The van der Waals surface area contributed by atoms with Crippen LogP contribution in [0.1, 0.15) is 27.7 Å². The molecular weight excluding hydrogens is 376 g/mol. The van der Waals surface area contributed by atoms with E-state index in [1.165, 1.54) is 0 Å². The number of nitrogens with one attached hydrogen (secondary N) is 2. The molecule has 3 aromatic carbocycles. The number of fused-ring (bicyclic) bond motifs is 1. The molecule has 2 N–H and O–H groups in total. The summed E-state index contributed by atoms with van der Waals surface area (Å²) >= 11 is 0. The minimum absolute atomic E-state index is 0.197. The summed E-state index contributed by atoms with van der Waals surface area (Å²) < 4.78 is 32.8. The average molecular weight is 394 g/mol. The molecule has 0 fully saturated rings. The lowest BCUT2D eigenvalue weighted by Crippen LogP contribution is -2.38. The van der Waals surface area contributed by atoms with Gasteiger partial charge in [0.2, 0.25) is 10.0 Å². The number of hydrogen-bond acceptors (Lipinski definition) is 5. The van der Waals surface area contributed by atoms with Crippen molar-refractivity contribution in [1.29, 1.82) is 0 Å². The van der Waals surface area contributed by atoms with Gasteiger partial charge >= 0.3 is 5.97 Å². The van der Waals surface area contributed by atoms with Gasteiger partial charge in [0.05, 0.1) is 11.3 Å². The normalized spacial score (nSPS) is 17.2. The largest absolute Gasteiger partial charge is 0.457 e. The van der Waals surface area contributed by atoms with Crippen molar-refractivity contribution < 1.29 is 17.9 Å². The van der Waals surface area contributed by atoms with E-state index in [1.807, 2.05) is 30.3 Å². The van der Waals surface area contributed by atoms with Crippen LogP contribution in [0, 0.1) is 0 Å². The number of ether oxygens (including phenoxy) is 1. The Bertz CT molecular complexity index is 1100. The monoisotopic (exact) mass is 394 g/mol. The molecule has 1 aliphatic rings. The molecule has 0 amide bonds. The van der Waals surface area contributed by atoms with Crippen LogP contribution in [0.5, 0.6) is 0 Å². The molecule has 28 heavy (non-hydrogen) atoms. The van der Waals surface area contributed by atoms with Crippen molar-refractivity contribution in [2.75, 3.05) is 5.32 Å². The Hall–Kier alpha value is -3.16. The van der Waals surface area contributed by atoms with E-state index in [9.17, 15) is 13.2 Å². The van der Waals surface area contributed by atoms with Crippen LogP contribution in [-0.4, -0.2) is 14.4 Å². The molecule has 0 aliphatic carbocycles. The van der Waals surface area contributed by atoms with Crippen LogP contribution in [0.15, 0.2) is 83.8 Å². The van der Waals surface area contributed by atoms with Crippen LogP contribution in [0.25, 0.3) is 0 Å². The van der Waals surface area contributed by atoms with Crippen LogP contribution >= 0.6 is 0 Å². The second kappa shape index (κ2) is 7.46. The summed E-state index contributed by atoms with van der Waals surface area (Å²) in [5.41, 5.74) is 2.54. The summed E-state index contributed by atoms with van der Waals surface area (Å²) in [6.45, 7) is 0.197. The van der Waals surface area contributed by atoms with E-state index in [2.05, 4.69) is 10.0 Å². The fraction of sp³-hybridized carbons (Fsp3) is 0.0952. The molecule has 142 valence electrons. The Balaban J connectivity index is 1.47. The number of anilines is 1. The fourth-order valence-corrected chi connectivity index (χ4v) is 4.30.